The van der Waals surface area contributed by atoms with E-state index in [1.807, 2.05) is 6.92 Å². The van der Waals surface area contributed by atoms with E-state index in [-0.39, 0.29) is 14.8 Å². The molecule has 6 nitrogen and oxygen atoms in total. The number of anilines is 2. The molecule has 0 radical (unpaired) electrons. The normalized spacial score (nSPS) is 11.9. The number of aryl methyl sites for hydroxylation is 1. The summed E-state index contributed by atoms with van der Waals surface area (Å²) in [6.07, 6.45) is 0.739. The predicted octanol–water partition coefficient (Wildman–Crippen LogP) is 4.57. The van der Waals surface area contributed by atoms with E-state index in [0.717, 1.165) is 11.3 Å². The molecule has 0 atom stereocenters. The molecule has 0 unspecified atom stereocenters. The van der Waals surface area contributed by atoms with Crippen LogP contribution in [-0.4, -0.2) is 16.8 Å². The number of thiophene rings is 1. The molecule has 148 valence electrons. The largest absolute Gasteiger partial charge is 0.280 e. The summed E-state index contributed by atoms with van der Waals surface area (Å²) in [6, 6.07) is 15.2. The molecule has 0 aliphatic heterocycles. The van der Waals surface area contributed by atoms with Gasteiger partial charge >= 0.3 is 0 Å². The molecule has 1 aromatic heterocycles. The molecule has 0 amide bonds. The minimum atomic E-state index is -3.91. The summed E-state index contributed by atoms with van der Waals surface area (Å²) in [6.45, 7) is 1.94. The first kappa shape index (κ1) is 20.7. The highest BCUT2D eigenvalue weighted by Gasteiger charge is 2.19. The van der Waals surface area contributed by atoms with Crippen LogP contribution >= 0.6 is 22.9 Å². The third kappa shape index (κ3) is 4.85. The number of hydrogen-bond acceptors (Lipinski definition) is 5. The highest BCUT2D eigenvalue weighted by atomic mass is 35.5. The summed E-state index contributed by atoms with van der Waals surface area (Å²) < 4.78 is 55.3. The molecule has 0 aliphatic carbocycles. The smallest absolute Gasteiger partial charge is 0.271 e. The summed E-state index contributed by atoms with van der Waals surface area (Å²) in [4.78, 5) is 0.871. The third-order valence-electron chi connectivity index (χ3n) is 3.72. The molecule has 3 rings (SSSR count). The Morgan fingerprint density at radius 1 is 0.857 bits per heavy atom. The van der Waals surface area contributed by atoms with Gasteiger partial charge in [-0.15, -0.1) is 11.3 Å². The van der Waals surface area contributed by atoms with Gasteiger partial charge in [-0.25, -0.2) is 16.8 Å². The van der Waals surface area contributed by atoms with Crippen molar-refractivity contribution in [2.24, 2.45) is 0 Å². The second kappa shape index (κ2) is 8.12. The van der Waals surface area contributed by atoms with Gasteiger partial charge in [-0.3, -0.25) is 9.44 Å². The van der Waals surface area contributed by atoms with Crippen molar-refractivity contribution in [3.05, 3.63) is 70.6 Å². The molecule has 0 saturated carbocycles. The minimum absolute atomic E-state index is 0.0758. The second-order valence-corrected chi connectivity index (χ2v) is 11.0. The van der Waals surface area contributed by atoms with Crippen molar-refractivity contribution < 1.29 is 16.8 Å². The van der Waals surface area contributed by atoms with E-state index < -0.39 is 20.0 Å². The van der Waals surface area contributed by atoms with Gasteiger partial charge in [0.15, 0.2) is 0 Å². The van der Waals surface area contributed by atoms with Crippen LogP contribution in [0.25, 0.3) is 0 Å². The molecule has 0 saturated heterocycles. The van der Waals surface area contributed by atoms with E-state index in [1.54, 1.807) is 24.3 Å². The van der Waals surface area contributed by atoms with Gasteiger partial charge < -0.3 is 0 Å². The van der Waals surface area contributed by atoms with Crippen LogP contribution in [0.1, 0.15) is 11.8 Å². The Kier molecular flexibility index (Phi) is 5.99. The van der Waals surface area contributed by atoms with Gasteiger partial charge in [-0.2, -0.15) is 0 Å². The number of rotatable bonds is 7. The highest BCUT2D eigenvalue weighted by Crippen LogP contribution is 2.26. The standard InChI is InChI=1S/C18H17ClN2O4S3/c1-2-16-9-10-18(26-16)28(24,25)21-15-7-4-8-17(12-15)27(22,23)20-14-6-3-5-13(19)11-14/h3-12,20-21H,2H2,1H3. The van der Waals surface area contributed by atoms with E-state index in [0.29, 0.717) is 10.7 Å². The van der Waals surface area contributed by atoms with E-state index >= 15 is 0 Å². The van der Waals surface area contributed by atoms with E-state index in [1.165, 1.54) is 47.7 Å². The van der Waals surface area contributed by atoms with Gasteiger partial charge in [0.2, 0.25) is 0 Å². The van der Waals surface area contributed by atoms with Crippen molar-refractivity contribution in [2.75, 3.05) is 9.44 Å². The average Bonchev–Trinajstić information content (AvgIpc) is 3.11. The SMILES string of the molecule is CCc1ccc(S(=O)(=O)Nc2cccc(S(=O)(=O)Nc3cccc(Cl)c3)c2)s1. The third-order valence-corrected chi connectivity index (χ3v) is 8.44. The van der Waals surface area contributed by atoms with Crippen molar-refractivity contribution in [3.8, 4) is 0 Å². The molecule has 28 heavy (non-hydrogen) atoms. The maximum Gasteiger partial charge on any atom is 0.271 e. The minimum Gasteiger partial charge on any atom is -0.280 e. The van der Waals surface area contributed by atoms with Gasteiger partial charge in [0, 0.05) is 9.90 Å². The Hall–Kier alpha value is -2.07. The molecule has 2 aromatic carbocycles. The summed E-state index contributed by atoms with van der Waals surface area (Å²) in [5.41, 5.74) is 0.463. The second-order valence-electron chi connectivity index (χ2n) is 5.82. The number of nitrogens with one attached hydrogen (secondary N) is 2. The van der Waals surface area contributed by atoms with Crippen LogP contribution in [0.2, 0.25) is 5.02 Å². The lowest BCUT2D eigenvalue weighted by molar-refractivity contribution is 0.599. The monoisotopic (exact) mass is 456 g/mol. The van der Waals surface area contributed by atoms with Crippen molar-refractivity contribution in [3.63, 3.8) is 0 Å². The van der Waals surface area contributed by atoms with E-state index in [2.05, 4.69) is 9.44 Å². The van der Waals surface area contributed by atoms with Gasteiger partial charge in [-0.05, 0) is 55.0 Å². The molecule has 2 N–H and O–H groups in total. The fraction of sp³-hybridized carbons (Fsp3) is 0.111. The zero-order valence-corrected chi connectivity index (χ0v) is 17.9. The van der Waals surface area contributed by atoms with Gasteiger partial charge in [0.05, 0.1) is 16.3 Å². The van der Waals surface area contributed by atoms with Crippen molar-refractivity contribution >= 4 is 54.4 Å². The van der Waals surface area contributed by atoms with Crippen molar-refractivity contribution in [1.29, 1.82) is 0 Å². The lowest BCUT2D eigenvalue weighted by atomic mass is 10.3. The zero-order valence-electron chi connectivity index (χ0n) is 14.7. The van der Waals surface area contributed by atoms with E-state index in [9.17, 15) is 16.8 Å². The van der Waals surface area contributed by atoms with Crippen LogP contribution in [0.3, 0.4) is 0 Å². The van der Waals surface area contributed by atoms with Gasteiger partial charge in [0.25, 0.3) is 20.0 Å². The lowest BCUT2D eigenvalue weighted by Gasteiger charge is -2.11. The number of sulfonamides is 2. The topological polar surface area (TPSA) is 92.3 Å². The van der Waals surface area contributed by atoms with Crippen LogP contribution in [-0.2, 0) is 26.5 Å². The first-order valence-corrected chi connectivity index (χ1v) is 12.4. The molecule has 10 heteroatoms. The number of benzene rings is 2. The summed E-state index contributed by atoms with van der Waals surface area (Å²) in [7, 11) is -7.71. The highest BCUT2D eigenvalue weighted by molar-refractivity contribution is 7.94. The fourth-order valence-electron chi connectivity index (χ4n) is 2.39. The number of halogens is 1. The van der Waals surface area contributed by atoms with Crippen LogP contribution in [0.15, 0.2) is 69.8 Å². The Labute approximate surface area is 173 Å². The Balaban J connectivity index is 1.85. The van der Waals surface area contributed by atoms with Crippen molar-refractivity contribution in [1.82, 2.24) is 0 Å². The average molecular weight is 457 g/mol. The lowest BCUT2D eigenvalue weighted by Crippen LogP contribution is -2.15. The van der Waals surface area contributed by atoms with E-state index in [4.69, 9.17) is 11.6 Å². The quantitative estimate of drug-likeness (QED) is 0.544. The zero-order chi connectivity index (χ0) is 20.4. The first-order valence-electron chi connectivity index (χ1n) is 8.19. The van der Waals surface area contributed by atoms with Crippen LogP contribution < -0.4 is 9.44 Å². The van der Waals surface area contributed by atoms with Gasteiger partial charge in [-0.1, -0.05) is 30.7 Å². The summed E-state index contributed by atoms with van der Waals surface area (Å²) in [5.74, 6) is 0. The first-order chi connectivity index (χ1) is 13.2. The van der Waals surface area contributed by atoms with Gasteiger partial charge in [0.1, 0.15) is 4.21 Å². The van der Waals surface area contributed by atoms with Crippen molar-refractivity contribution in [2.45, 2.75) is 22.4 Å². The van der Waals surface area contributed by atoms with Crippen LogP contribution in [0.5, 0.6) is 0 Å². The summed E-state index contributed by atoms with van der Waals surface area (Å²) in [5, 5.41) is 0.393. The molecular weight excluding hydrogens is 440 g/mol. The maximum atomic E-state index is 12.6. The molecular formula is C18H17ClN2O4S3. The summed E-state index contributed by atoms with van der Waals surface area (Å²) >= 11 is 7.06. The molecule has 0 fully saturated rings. The Bertz CT molecular complexity index is 1200. The predicted molar refractivity (Wildman–Crippen MR) is 113 cm³/mol. The van der Waals surface area contributed by atoms with Crippen LogP contribution in [0.4, 0.5) is 11.4 Å². The maximum absolute atomic E-state index is 12.6. The fourth-order valence-corrected chi connectivity index (χ4v) is 6.02. The molecule has 1 heterocycles. The molecule has 0 spiro atoms. The molecule has 0 aliphatic rings. The van der Waals surface area contributed by atoms with Crippen LogP contribution in [0, 0.1) is 0 Å². The number of hydrogen-bond donors (Lipinski definition) is 2. The Morgan fingerprint density at radius 3 is 2.14 bits per heavy atom. The Morgan fingerprint density at radius 2 is 1.50 bits per heavy atom. The molecule has 3 aromatic rings. The molecule has 0 bridgehead atoms.